The molecule has 0 saturated carbocycles. The molecule has 4 nitrogen and oxygen atoms in total. The first kappa shape index (κ1) is 11.0. The maximum atomic E-state index is 5.38. The monoisotopic (exact) mass is 295 g/mol. The Morgan fingerprint density at radius 1 is 1.29 bits per heavy atom. The van der Waals surface area contributed by atoms with Crippen LogP contribution >= 0.6 is 15.9 Å². The lowest BCUT2D eigenvalue weighted by Gasteiger charge is -2.26. The second-order valence-corrected chi connectivity index (χ2v) is 5.12. The molecule has 0 radical (unpaired) electrons. The van der Waals surface area contributed by atoms with Gasteiger partial charge in [0.25, 0.3) is 0 Å². The predicted molar refractivity (Wildman–Crippen MR) is 71.4 cm³/mol. The summed E-state index contributed by atoms with van der Waals surface area (Å²) in [6, 6.07) is 6.29. The molecule has 0 amide bonds. The summed E-state index contributed by atoms with van der Waals surface area (Å²) in [4.78, 5) is 2.29. The molecule has 1 aliphatic heterocycles. The molecule has 0 N–H and O–H groups in total. The number of benzene rings is 1. The van der Waals surface area contributed by atoms with E-state index in [2.05, 4.69) is 44.1 Å². The van der Waals surface area contributed by atoms with Crippen LogP contribution in [0.4, 0.5) is 5.82 Å². The molecule has 0 bridgehead atoms. The number of fused-ring (bicyclic) bond motifs is 1. The molecule has 1 aliphatic rings. The van der Waals surface area contributed by atoms with Crippen molar-refractivity contribution in [3.05, 3.63) is 22.7 Å². The van der Waals surface area contributed by atoms with Gasteiger partial charge in [-0.15, -0.1) is 0 Å². The highest BCUT2D eigenvalue weighted by atomic mass is 79.9. The largest absolute Gasteiger partial charge is 0.378 e. The first-order chi connectivity index (χ1) is 8.25. The Labute approximate surface area is 108 Å². The van der Waals surface area contributed by atoms with Gasteiger partial charge in [0.1, 0.15) is 0 Å². The van der Waals surface area contributed by atoms with E-state index < -0.39 is 0 Å². The molecule has 0 aliphatic carbocycles. The number of aryl methyl sites for hydroxylation is 1. The van der Waals surface area contributed by atoms with Gasteiger partial charge in [0.05, 0.1) is 18.7 Å². The highest BCUT2D eigenvalue weighted by Crippen LogP contribution is 2.28. The number of anilines is 1. The minimum atomic E-state index is 0.786. The number of rotatable bonds is 1. The normalized spacial score (nSPS) is 16.7. The van der Waals surface area contributed by atoms with Crippen molar-refractivity contribution in [1.82, 2.24) is 9.78 Å². The van der Waals surface area contributed by atoms with Gasteiger partial charge in [0.2, 0.25) is 0 Å². The molecule has 17 heavy (non-hydrogen) atoms. The van der Waals surface area contributed by atoms with Crippen LogP contribution < -0.4 is 4.90 Å². The zero-order chi connectivity index (χ0) is 11.8. The van der Waals surface area contributed by atoms with Gasteiger partial charge < -0.3 is 9.64 Å². The zero-order valence-electron chi connectivity index (χ0n) is 9.69. The second kappa shape index (κ2) is 4.31. The highest BCUT2D eigenvalue weighted by molar-refractivity contribution is 9.10. The summed E-state index contributed by atoms with van der Waals surface area (Å²) >= 11 is 3.50. The molecule has 1 fully saturated rings. The Kier molecular flexibility index (Phi) is 2.80. The van der Waals surface area contributed by atoms with E-state index in [0.29, 0.717) is 0 Å². The van der Waals surface area contributed by atoms with Crippen molar-refractivity contribution in [2.24, 2.45) is 7.05 Å². The molecule has 90 valence electrons. The molecular formula is C12H14BrN3O. The minimum absolute atomic E-state index is 0.786. The number of morpholine rings is 1. The van der Waals surface area contributed by atoms with Crippen molar-refractivity contribution in [2.45, 2.75) is 0 Å². The van der Waals surface area contributed by atoms with Gasteiger partial charge in [0.15, 0.2) is 5.82 Å². The van der Waals surface area contributed by atoms with Crippen molar-refractivity contribution in [2.75, 3.05) is 31.2 Å². The summed E-state index contributed by atoms with van der Waals surface area (Å²) in [6.07, 6.45) is 0. The van der Waals surface area contributed by atoms with Crippen LogP contribution in [0.25, 0.3) is 10.9 Å². The average molecular weight is 296 g/mol. The number of aromatic nitrogens is 2. The van der Waals surface area contributed by atoms with Gasteiger partial charge in [-0.25, -0.2) is 0 Å². The highest BCUT2D eigenvalue weighted by Gasteiger charge is 2.17. The Bertz CT molecular complexity index is 546. The molecule has 1 aromatic heterocycles. The number of hydrogen-bond donors (Lipinski definition) is 0. The smallest absolute Gasteiger partial charge is 0.158 e. The van der Waals surface area contributed by atoms with Crippen LogP contribution in [0.5, 0.6) is 0 Å². The number of ether oxygens (including phenoxy) is 1. The quantitative estimate of drug-likeness (QED) is 0.808. The maximum Gasteiger partial charge on any atom is 0.158 e. The van der Waals surface area contributed by atoms with Crippen LogP contribution in [0, 0.1) is 0 Å². The van der Waals surface area contributed by atoms with Gasteiger partial charge >= 0.3 is 0 Å². The van der Waals surface area contributed by atoms with Crippen molar-refractivity contribution < 1.29 is 4.74 Å². The van der Waals surface area contributed by atoms with Crippen molar-refractivity contribution in [1.29, 1.82) is 0 Å². The molecule has 5 heteroatoms. The molecule has 2 aromatic rings. The summed E-state index contributed by atoms with van der Waals surface area (Å²) in [5.74, 6) is 1.07. The van der Waals surface area contributed by atoms with Gasteiger partial charge in [0, 0.05) is 30.0 Å². The van der Waals surface area contributed by atoms with E-state index in [-0.39, 0.29) is 0 Å². The van der Waals surface area contributed by atoms with Gasteiger partial charge in [-0.3, -0.25) is 4.68 Å². The van der Waals surface area contributed by atoms with E-state index in [1.54, 1.807) is 0 Å². The molecular weight excluding hydrogens is 282 g/mol. The molecule has 2 heterocycles. The third-order valence-electron chi connectivity index (χ3n) is 3.10. The fourth-order valence-electron chi connectivity index (χ4n) is 2.22. The standard InChI is InChI=1S/C12H14BrN3O/c1-15-11-8-9(13)2-3-10(11)12(14-15)16-4-6-17-7-5-16/h2-3,8H,4-7H2,1H3. The third kappa shape index (κ3) is 1.93. The Balaban J connectivity index is 2.10. The first-order valence-corrected chi connectivity index (χ1v) is 6.50. The molecule has 0 spiro atoms. The average Bonchev–Trinajstić information content (AvgIpc) is 2.68. The van der Waals surface area contributed by atoms with E-state index >= 15 is 0 Å². The van der Waals surface area contributed by atoms with E-state index in [9.17, 15) is 0 Å². The minimum Gasteiger partial charge on any atom is -0.378 e. The molecule has 0 unspecified atom stereocenters. The van der Waals surface area contributed by atoms with Crippen LogP contribution in [-0.4, -0.2) is 36.1 Å². The zero-order valence-corrected chi connectivity index (χ0v) is 11.3. The van der Waals surface area contributed by atoms with Crippen LogP contribution in [-0.2, 0) is 11.8 Å². The lowest BCUT2D eigenvalue weighted by atomic mass is 10.2. The van der Waals surface area contributed by atoms with E-state index in [1.807, 2.05) is 11.7 Å². The van der Waals surface area contributed by atoms with E-state index in [0.717, 1.165) is 42.1 Å². The Morgan fingerprint density at radius 2 is 2.06 bits per heavy atom. The van der Waals surface area contributed by atoms with Crippen molar-refractivity contribution in [3.63, 3.8) is 0 Å². The first-order valence-electron chi connectivity index (χ1n) is 5.70. The Hall–Kier alpha value is -1.07. The van der Waals surface area contributed by atoms with Crippen LogP contribution in [0.3, 0.4) is 0 Å². The fraction of sp³-hybridized carbons (Fsp3) is 0.417. The Morgan fingerprint density at radius 3 is 2.82 bits per heavy atom. The van der Waals surface area contributed by atoms with Crippen LogP contribution in [0.1, 0.15) is 0 Å². The summed E-state index contributed by atoms with van der Waals surface area (Å²) < 4.78 is 8.40. The SMILES string of the molecule is Cn1nc(N2CCOCC2)c2ccc(Br)cc21. The molecule has 1 aromatic carbocycles. The van der Waals surface area contributed by atoms with E-state index in [1.165, 1.54) is 5.39 Å². The molecule has 0 atom stereocenters. The van der Waals surface area contributed by atoms with Gasteiger partial charge in [-0.05, 0) is 18.2 Å². The predicted octanol–water partition coefficient (Wildman–Crippen LogP) is 2.17. The summed E-state index contributed by atoms with van der Waals surface area (Å²) in [5.41, 5.74) is 1.15. The second-order valence-electron chi connectivity index (χ2n) is 4.21. The van der Waals surface area contributed by atoms with E-state index in [4.69, 9.17) is 4.74 Å². The van der Waals surface area contributed by atoms with Gasteiger partial charge in [-0.1, -0.05) is 15.9 Å². The fourth-order valence-corrected chi connectivity index (χ4v) is 2.57. The lowest BCUT2D eigenvalue weighted by Crippen LogP contribution is -2.36. The van der Waals surface area contributed by atoms with Crippen LogP contribution in [0.15, 0.2) is 22.7 Å². The molecule has 1 saturated heterocycles. The summed E-state index contributed by atoms with van der Waals surface area (Å²) in [5, 5.41) is 5.83. The third-order valence-corrected chi connectivity index (χ3v) is 3.60. The number of hydrogen-bond acceptors (Lipinski definition) is 3. The summed E-state index contributed by atoms with van der Waals surface area (Å²) in [7, 11) is 1.98. The van der Waals surface area contributed by atoms with Crippen molar-refractivity contribution >= 4 is 32.7 Å². The molecule has 3 rings (SSSR count). The lowest BCUT2D eigenvalue weighted by molar-refractivity contribution is 0.122. The number of halogens is 1. The van der Waals surface area contributed by atoms with Crippen LogP contribution in [0.2, 0.25) is 0 Å². The van der Waals surface area contributed by atoms with Gasteiger partial charge in [-0.2, -0.15) is 5.10 Å². The number of nitrogens with zero attached hydrogens (tertiary/aromatic N) is 3. The summed E-state index contributed by atoms with van der Waals surface area (Å²) in [6.45, 7) is 3.41. The maximum absolute atomic E-state index is 5.38. The topological polar surface area (TPSA) is 30.3 Å². The van der Waals surface area contributed by atoms with Crippen molar-refractivity contribution in [3.8, 4) is 0 Å².